The number of anilines is 1. The number of carbonyl (C=O) groups excluding carboxylic acids is 3. The second-order valence-electron chi connectivity index (χ2n) is 31.9. The van der Waals surface area contributed by atoms with E-state index in [9.17, 15) is 9.59 Å². The first-order valence-corrected chi connectivity index (χ1v) is 39.9. The summed E-state index contributed by atoms with van der Waals surface area (Å²) in [5.41, 5.74) is 14.8. The van der Waals surface area contributed by atoms with E-state index in [-0.39, 0.29) is 23.5 Å². The van der Waals surface area contributed by atoms with E-state index < -0.39 is 17.0 Å². The second kappa shape index (κ2) is 31.8. The van der Waals surface area contributed by atoms with Crippen molar-refractivity contribution >= 4 is 39.9 Å². The molecule has 4 aliphatic carbocycles. The Kier molecular flexibility index (Phi) is 21.6. The summed E-state index contributed by atoms with van der Waals surface area (Å²) < 4.78 is 32.8. The van der Waals surface area contributed by atoms with E-state index in [1.165, 1.54) is 108 Å². The summed E-state index contributed by atoms with van der Waals surface area (Å²) in [4.78, 5) is 43.1. The molecule has 1 heterocycles. The zero-order valence-corrected chi connectivity index (χ0v) is 63.6. The lowest BCUT2D eigenvalue weighted by atomic mass is 9.68. The van der Waals surface area contributed by atoms with E-state index in [1.807, 2.05) is 103 Å². The lowest BCUT2D eigenvalue weighted by Crippen LogP contribution is -2.36. The molecule has 3 saturated carbocycles. The first-order chi connectivity index (χ1) is 52.2. The Labute approximate surface area is 633 Å². The Balaban J connectivity index is 0.727. The largest absolute Gasteiger partial charge is 0.497 e. The highest BCUT2D eigenvalue weighted by molar-refractivity contribution is 6.12. The number of fused-ring (bicyclic) bond motifs is 8. The van der Waals surface area contributed by atoms with Gasteiger partial charge in [0, 0.05) is 38.7 Å². The zero-order valence-electron chi connectivity index (χ0n) is 63.6. The summed E-state index contributed by atoms with van der Waals surface area (Å²) in [5.74, 6) is 5.32. The topological polar surface area (TPSA) is 109 Å². The van der Waals surface area contributed by atoms with Gasteiger partial charge >= 0.3 is 11.9 Å². The molecule has 0 saturated heterocycles. The van der Waals surface area contributed by atoms with Crippen molar-refractivity contribution in [1.82, 2.24) is 0 Å². The van der Waals surface area contributed by atoms with Crippen LogP contribution < -0.4 is 29.0 Å². The number of hydrogen-bond acceptors (Lipinski definition) is 8. The quantitative estimate of drug-likeness (QED) is 0.0383. The van der Waals surface area contributed by atoms with Gasteiger partial charge in [-0.15, -0.1) is 0 Å². The predicted octanol–water partition coefficient (Wildman–Crippen LogP) is 25.0. The van der Waals surface area contributed by atoms with Gasteiger partial charge in [-0.2, -0.15) is 0 Å². The summed E-state index contributed by atoms with van der Waals surface area (Å²) in [6.07, 6.45) is 27.6. The van der Waals surface area contributed by atoms with Crippen LogP contribution in [0.25, 0.3) is 49.7 Å². The van der Waals surface area contributed by atoms with Gasteiger partial charge in [0.25, 0.3) is 5.91 Å². The maximum atomic E-state index is 15.1. The molecule has 5 aliphatic rings. The smallest absolute Gasteiger partial charge is 0.344 e. The molecule has 107 heavy (non-hydrogen) atoms. The number of esters is 2. The predicted molar refractivity (Wildman–Crippen MR) is 433 cm³/mol. The molecule has 0 radical (unpaired) electrons. The van der Waals surface area contributed by atoms with Gasteiger partial charge in [0.05, 0.1) is 25.7 Å². The number of methoxy groups -OCH3 is 2. The van der Waals surface area contributed by atoms with E-state index in [4.69, 9.17) is 23.7 Å². The second-order valence-corrected chi connectivity index (χ2v) is 31.9. The van der Waals surface area contributed by atoms with Crippen LogP contribution >= 0.6 is 0 Å². The van der Waals surface area contributed by atoms with Crippen LogP contribution in [0, 0.1) is 36.5 Å². The van der Waals surface area contributed by atoms with Gasteiger partial charge in [-0.1, -0.05) is 237 Å². The van der Waals surface area contributed by atoms with Crippen molar-refractivity contribution in [1.29, 1.82) is 0 Å². The molecule has 3 fully saturated rings. The van der Waals surface area contributed by atoms with Gasteiger partial charge in [-0.05, 0) is 240 Å². The fourth-order valence-electron chi connectivity index (χ4n) is 18.7. The molecule has 1 amide bonds. The van der Waals surface area contributed by atoms with E-state index in [1.54, 1.807) is 20.3 Å². The van der Waals surface area contributed by atoms with E-state index >= 15 is 4.79 Å². The number of aryl methyl sites for hydroxylation is 1. The third-order valence-electron chi connectivity index (χ3n) is 24.9. The summed E-state index contributed by atoms with van der Waals surface area (Å²) in [6.45, 7) is 11.2. The van der Waals surface area contributed by atoms with Gasteiger partial charge in [-0.25, -0.2) is 4.79 Å². The van der Waals surface area contributed by atoms with E-state index in [0.29, 0.717) is 57.2 Å². The van der Waals surface area contributed by atoms with Gasteiger partial charge in [-0.3, -0.25) is 9.59 Å². The SMILES string of the molecule is CCCCCC1CCC(c2ccc(-c3ccc(C(=O)Nc4ccc(C5=CC(c6ccc(C)cc6)(c6ccc(OC)cc6)Oc6c5c5c(c7cc(OC(=O)c8ccccc8-c8ccc(OC(=O)C9CCC(C%10CCC(CCCCC)CC%10)CC9)cc8)c(OC)cc67)-c6ccccc6C5(C)C)cc4)cc3)cc2)CC1. The third-order valence-corrected chi connectivity index (χ3v) is 24.9. The number of unbranched alkanes of at least 4 members (excludes halogenated alkanes) is 4. The van der Waals surface area contributed by atoms with Crippen molar-refractivity contribution in [3.63, 3.8) is 0 Å². The van der Waals surface area contributed by atoms with Crippen LogP contribution in [-0.4, -0.2) is 32.1 Å². The highest BCUT2D eigenvalue weighted by atomic mass is 16.6. The summed E-state index contributed by atoms with van der Waals surface area (Å²) in [6, 6.07) is 69.2. The Bertz CT molecular complexity index is 4850. The minimum Gasteiger partial charge on any atom is -0.497 e. The fraction of sp³-hybridized carbons (Fsp3) is 0.357. The van der Waals surface area contributed by atoms with E-state index in [0.717, 1.165) is 127 Å². The van der Waals surface area contributed by atoms with Crippen LogP contribution in [0.3, 0.4) is 0 Å². The monoisotopic (exact) mass is 1420 g/mol. The Morgan fingerprint density at radius 2 is 1.06 bits per heavy atom. The zero-order chi connectivity index (χ0) is 73.8. The molecular weight excluding hydrogens is 1320 g/mol. The molecule has 0 spiro atoms. The molecule has 548 valence electrons. The number of carbonyl (C=O) groups is 3. The number of ether oxygens (including phenoxy) is 5. The average Bonchev–Trinajstić information content (AvgIpc) is 1.58. The molecule has 1 aliphatic heterocycles. The van der Waals surface area contributed by atoms with Gasteiger partial charge in [0.2, 0.25) is 0 Å². The first kappa shape index (κ1) is 72.6. The maximum absolute atomic E-state index is 15.1. The Hall–Kier alpha value is -9.99. The molecule has 10 aromatic carbocycles. The number of hydrogen-bond donors (Lipinski definition) is 1. The normalized spacial score (nSPS) is 20.7. The van der Waals surface area contributed by atoms with E-state index in [2.05, 4.69) is 143 Å². The van der Waals surface area contributed by atoms with Crippen molar-refractivity contribution in [2.45, 2.75) is 180 Å². The Morgan fingerprint density at radius 3 is 1.68 bits per heavy atom. The molecule has 1 N–H and O–H groups in total. The van der Waals surface area contributed by atoms with Gasteiger partial charge in [0.1, 0.15) is 17.2 Å². The van der Waals surface area contributed by atoms with Gasteiger partial charge < -0.3 is 29.0 Å². The molecule has 9 heteroatoms. The van der Waals surface area contributed by atoms with Crippen molar-refractivity contribution in [2.24, 2.45) is 29.6 Å². The van der Waals surface area contributed by atoms with Crippen LogP contribution in [0.15, 0.2) is 212 Å². The highest BCUT2D eigenvalue weighted by Gasteiger charge is 2.47. The molecule has 10 aromatic rings. The molecular formula is C98H103NO8. The number of nitrogens with one attached hydrogen (secondary N) is 1. The Morgan fingerprint density at radius 1 is 0.505 bits per heavy atom. The van der Waals surface area contributed by atoms with Crippen molar-refractivity contribution in [3.8, 4) is 62.1 Å². The molecule has 9 nitrogen and oxygen atoms in total. The van der Waals surface area contributed by atoms with Crippen molar-refractivity contribution in [3.05, 3.63) is 268 Å². The summed E-state index contributed by atoms with van der Waals surface area (Å²) >= 11 is 0. The standard InChI is InChI=1S/C98H103NO8/c1-8-10-12-18-64-26-30-66(31-27-64)68-34-36-69(37-35-68)70-38-42-74(43-39-70)94(100)99-78-54-46-73(47-55-78)86-62-98(76-50-24-63(3)25-51-76,77-52-58-79(103-6)59-53-77)107-93-85-61-88(104-7)89(60-84(85)90-83-22-16-17-23-87(83)97(4,5)92(90)91(86)93)106-96(102)82-21-15-14-20-81(82)72-48-56-80(57-49-72)105-95(101)75-44-40-71(41-45-75)67-32-28-65(29-33-67)19-13-11-9-2/h14-17,20-25,34-39,42-43,46-62,64-67,71,75H,8-13,18-19,26-33,40-41,44-45H2,1-7H3,(H,99,100). The molecule has 15 rings (SSSR count). The number of rotatable bonds is 23. The number of benzene rings is 10. The summed E-state index contributed by atoms with van der Waals surface area (Å²) in [5, 5.41) is 4.80. The van der Waals surface area contributed by atoms with Crippen molar-refractivity contribution in [2.75, 3.05) is 19.5 Å². The average molecular weight is 1420 g/mol. The summed E-state index contributed by atoms with van der Waals surface area (Å²) in [7, 11) is 3.27. The molecule has 0 bridgehead atoms. The van der Waals surface area contributed by atoms with Gasteiger partial charge in [0.15, 0.2) is 17.1 Å². The fourth-order valence-corrected chi connectivity index (χ4v) is 18.7. The number of amides is 1. The van der Waals surface area contributed by atoms with Crippen molar-refractivity contribution < 1.29 is 38.1 Å². The van der Waals surface area contributed by atoms with Crippen LogP contribution in [0.1, 0.15) is 227 Å². The maximum Gasteiger partial charge on any atom is 0.344 e. The van der Waals surface area contributed by atoms with Crippen LogP contribution in [-0.2, 0) is 15.8 Å². The molecule has 1 unspecified atom stereocenters. The van der Waals surface area contributed by atoms with Crippen LogP contribution in [0.2, 0.25) is 0 Å². The van der Waals surface area contributed by atoms with Crippen LogP contribution in [0.5, 0.6) is 28.7 Å². The van der Waals surface area contributed by atoms with Crippen LogP contribution in [0.4, 0.5) is 5.69 Å². The molecule has 0 aromatic heterocycles. The lowest BCUT2D eigenvalue weighted by Gasteiger charge is -2.41. The third kappa shape index (κ3) is 15.0. The molecule has 1 atom stereocenters. The minimum atomic E-state index is -1.22. The lowest BCUT2D eigenvalue weighted by molar-refractivity contribution is -0.140. The minimum absolute atomic E-state index is 0.100. The first-order valence-electron chi connectivity index (χ1n) is 39.9. The highest BCUT2D eigenvalue weighted by Crippen LogP contribution is 2.62.